The van der Waals surface area contributed by atoms with Gasteiger partial charge in [0, 0.05) is 30.3 Å². The quantitative estimate of drug-likeness (QED) is 0.726. The number of nitrogens with one attached hydrogen (secondary N) is 1. The minimum absolute atomic E-state index is 0.111. The number of hydrogen-bond donors (Lipinski definition) is 1. The SMILES string of the molecule is O=C(N[C@H]1CC[C@H](CCN2CC=C(c3ccccc3F)CC2)CC1)C1=CCCC1. The van der Waals surface area contributed by atoms with Crippen LogP contribution in [0.4, 0.5) is 4.39 Å². The number of halogens is 1. The van der Waals surface area contributed by atoms with Gasteiger partial charge in [-0.15, -0.1) is 0 Å². The van der Waals surface area contributed by atoms with Crippen molar-refractivity contribution in [2.24, 2.45) is 5.92 Å². The first-order valence-electron chi connectivity index (χ1n) is 11.4. The Balaban J connectivity index is 1.17. The molecule has 0 atom stereocenters. The van der Waals surface area contributed by atoms with Crippen molar-refractivity contribution in [1.29, 1.82) is 0 Å². The summed E-state index contributed by atoms with van der Waals surface area (Å²) in [7, 11) is 0. The van der Waals surface area contributed by atoms with E-state index < -0.39 is 0 Å². The van der Waals surface area contributed by atoms with Crippen LogP contribution >= 0.6 is 0 Å². The smallest absolute Gasteiger partial charge is 0.247 e. The number of carbonyl (C=O) groups is 1. The highest BCUT2D eigenvalue weighted by Gasteiger charge is 2.24. The van der Waals surface area contributed by atoms with Gasteiger partial charge in [0.15, 0.2) is 0 Å². The number of nitrogens with zero attached hydrogens (tertiary/aromatic N) is 1. The van der Waals surface area contributed by atoms with Gasteiger partial charge in [0.2, 0.25) is 5.91 Å². The molecule has 29 heavy (non-hydrogen) atoms. The summed E-state index contributed by atoms with van der Waals surface area (Å²) in [4.78, 5) is 14.8. The molecule has 1 aromatic carbocycles. The Bertz CT molecular complexity index is 777. The van der Waals surface area contributed by atoms with Crippen LogP contribution < -0.4 is 5.32 Å². The number of hydrogen-bond acceptors (Lipinski definition) is 2. The van der Waals surface area contributed by atoms with Gasteiger partial charge in [0.05, 0.1) is 0 Å². The van der Waals surface area contributed by atoms with Crippen LogP contribution in [-0.4, -0.2) is 36.5 Å². The van der Waals surface area contributed by atoms with E-state index in [0.29, 0.717) is 6.04 Å². The number of amides is 1. The van der Waals surface area contributed by atoms with Gasteiger partial charge >= 0.3 is 0 Å². The number of allylic oxidation sites excluding steroid dienone is 1. The van der Waals surface area contributed by atoms with E-state index in [0.717, 1.165) is 80.8 Å². The molecule has 1 aromatic rings. The molecular weight excluding hydrogens is 363 g/mol. The Morgan fingerprint density at radius 2 is 1.93 bits per heavy atom. The van der Waals surface area contributed by atoms with E-state index in [1.165, 1.54) is 19.3 Å². The van der Waals surface area contributed by atoms with E-state index in [1.54, 1.807) is 12.1 Å². The van der Waals surface area contributed by atoms with Crippen LogP contribution in [0.15, 0.2) is 42.0 Å². The van der Waals surface area contributed by atoms with Crippen molar-refractivity contribution in [3.63, 3.8) is 0 Å². The maximum atomic E-state index is 14.0. The fourth-order valence-corrected chi connectivity index (χ4v) is 5.00. The maximum absolute atomic E-state index is 14.0. The van der Waals surface area contributed by atoms with Crippen LogP contribution in [0.3, 0.4) is 0 Å². The number of rotatable bonds is 6. The first-order valence-corrected chi connectivity index (χ1v) is 11.4. The van der Waals surface area contributed by atoms with Crippen molar-refractivity contribution in [3.8, 4) is 0 Å². The number of carbonyl (C=O) groups excluding carboxylic acids is 1. The topological polar surface area (TPSA) is 32.3 Å². The van der Waals surface area contributed by atoms with E-state index in [9.17, 15) is 9.18 Å². The Hall–Kier alpha value is -1.94. The lowest BCUT2D eigenvalue weighted by molar-refractivity contribution is -0.118. The molecule has 0 aromatic heterocycles. The second-order valence-corrected chi connectivity index (χ2v) is 8.86. The van der Waals surface area contributed by atoms with E-state index in [4.69, 9.17) is 0 Å². The van der Waals surface area contributed by atoms with Crippen LogP contribution in [0.5, 0.6) is 0 Å². The van der Waals surface area contributed by atoms with Crippen LogP contribution in [-0.2, 0) is 4.79 Å². The molecule has 1 heterocycles. The van der Waals surface area contributed by atoms with Crippen molar-refractivity contribution < 1.29 is 9.18 Å². The summed E-state index contributed by atoms with van der Waals surface area (Å²) in [5.74, 6) is 0.836. The zero-order chi connectivity index (χ0) is 20.1. The average Bonchev–Trinajstić information content (AvgIpc) is 3.29. The van der Waals surface area contributed by atoms with Crippen molar-refractivity contribution in [1.82, 2.24) is 10.2 Å². The second kappa shape index (κ2) is 9.71. The zero-order valence-corrected chi connectivity index (χ0v) is 17.3. The lowest BCUT2D eigenvalue weighted by Gasteiger charge is -2.32. The van der Waals surface area contributed by atoms with Crippen molar-refractivity contribution >= 4 is 11.5 Å². The predicted molar refractivity (Wildman–Crippen MR) is 116 cm³/mol. The molecular formula is C25H33FN2O. The third kappa shape index (κ3) is 5.36. The fraction of sp³-hybridized carbons (Fsp3) is 0.560. The zero-order valence-electron chi connectivity index (χ0n) is 17.3. The highest BCUT2D eigenvalue weighted by molar-refractivity contribution is 5.93. The lowest BCUT2D eigenvalue weighted by Crippen LogP contribution is -2.38. The van der Waals surface area contributed by atoms with Crippen molar-refractivity contribution in [2.75, 3.05) is 19.6 Å². The van der Waals surface area contributed by atoms with Gasteiger partial charge in [-0.1, -0.05) is 30.4 Å². The molecule has 1 saturated carbocycles. The highest BCUT2D eigenvalue weighted by Crippen LogP contribution is 2.29. The lowest BCUT2D eigenvalue weighted by atomic mass is 9.84. The van der Waals surface area contributed by atoms with E-state index in [2.05, 4.69) is 22.4 Å². The Morgan fingerprint density at radius 1 is 1.10 bits per heavy atom. The van der Waals surface area contributed by atoms with E-state index >= 15 is 0 Å². The molecule has 2 aliphatic carbocycles. The normalized spacial score (nSPS) is 25.4. The molecule has 1 aliphatic heterocycles. The molecule has 4 heteroatoms. The highest BCUT2D eigenvalue weighted by atomic mass is 19.1. The molecule has 3 nitrogen and oxygen atoms in total. The molecule has 1 N–H and O–H groups in total. The summed E-state index contributed by atoms with van der Waals surface area (Å²) in [5, 5.41) is 3.26. The first kappa shape index (κ1) is 20.3. The van der Waals surface area contributed by atoms with Gasteiger partial charge in [-0.25, -0.2) is 4.39 Å². The summed E-state index contributed by atoms with van der Waals surface area (Å²) in [5.41, 5.74) is 2.91. The predicted octanol–water partition coefficient (Wildman–Crippen LogP) is 5.09. The fourth-order valence-electron chi connectivity index (χ4n) is 5.00. The molecule has 0 saturated heterocycles. The Morgan fingerprint density at radius 3 is 2.62 bits per heavy atom. The average molecular weight is 397 g/mol. The van der Waals surface area contributed by atoms with E-state index in [1.807, 2.05) is 12.1 Å². The molecule has 156 valence electrons. The van der Waals surface area contributed by atoms with E-state index in [-0.39, 0.29) is 11.7 Å². The summed E-state index contributed by atoms with van der Waals surface area (Å²) in [6.45, 7) is 3.06. The molecule has 4 rings (SSSR count). The van der Waals surface area contributed by atoms with Crippen LogP contribution in [0.1, 0.15) is 63.4 Å². The third-order valence-electron chi connectivity index (χ3n) is 6.88. The molecule has 0 bridgehead atoms. The van der Waals surface area contributed by atoms with Crippen LogP contribution in [0, 0.1) is 11.7 Å². The third-order valence-corrected chi connectivity index (χ3v) is 6.88. The summed E-state index contributed by atoms with van der Waals surface area (Å²) in [6, 6.07) is 7.46. The summed E-state index contributed by atoms with van der Waals surface area (Å²) in [6.07, 6.45) is 14.3. The number of benzene rings is 1. The standard InChI is InChI=1S/C25H33FN2O/c26-24-8-4-3-7-23(24)20-14-17-28(18-15-20)16-13-19-9-11-22(12-10-19)27-25(29)21-5-1-2-6-21/h3-5,7-8,14,19,22H,1-2,6,9-13,15-18H2,(H,27,29)/t19-,22-. The Kier molecular flexibility index (Phi) is 6.81. The monoisotopic (exact) mass is 396 g/mol. The molecule has 0 unspecified atom stereocenters. The van der Waals surface area contributed by atoms with Gasteiger partial charge < -0.3 is 5.32 Å². The minimum Gasteiger partial charge on any atom is -0.350 e. The van der Waals surface area contributed by atoms with Crippen LogP contribution in [0.25, 0.3) is 5.57 Å². The summed E-state index contributed by atoms with van der Waals surface area (Å²) < 4.78 is 14.0. The Labute approximate surface area is 174 Å². The van der Waals surface area contributed by atoms with Crippen molar-refractivity contribution in [3.05, 3.63) is 53.4 Å². The largest absolute Gasteiger partial charge is 0.350 e. The molecule has 1 fully saturated rings. The van der Waals surface area contributed by atoms with Crippen LogP contribution in [0.2, 0.25) is 0 Å². The first-order chi connectivity index (χ1) is 14.2. The van der Waals surface area contributed by atoms with Gasteiger partial charge in [-0.3, -0.25) is 9.69 Å². The van der Waals surface area contributed by atoms with Gasteiger partial charge in [-0.2, -0.15) is 0 Å². The second-order valence-electron chi connectivity index (χ2n) is 8.86. The van der Waals surface area contributed by atoms with Crippen molar-refractivity contribution in [2.45, 2.75) is 63.8 Å². The van der Waals surface area contributed by atoms with Gasteiger partial charge in [0.1, 0.15) is 5.82 Å². The van der Waals surface area contributed by atoms with Gasteiger partial charge in [0.25, 0.3) is 0 Å². The van der Waals surface area contributed by atoms with Gasteiger partial charge in [-0.05, 0) is 81.9 Å². The minimum atomic E-state index is -0.111. The molecule has 1 amide bonds. The molecule has 0 radical (unpaired) electrons. The summed E-state index contributed by atoms with van der Waals surface area (Å²) >= 11 is 0. The molecule has 3 aliphatic rings. The maximum Gasteiger partial charge on any atom is 0.247 e. The molecule has 0 spiro atoms.